The average Bonchev–Trinajstić information content (AvgIpc) is 2.63. The fraction of sp³-hybridized carbons (Fsp3) is 0.0588. The quantitative estimate of drug-likeness (QED) is 0.448. The molecule has 0 bridgehead atoms. The molecule has 2 aromatic carbocycles. The van der Waals surface area contributed by atoms with Crippen LogP contribution in [0.5, 0.6) is 0 Å². The largest absolute Gasteiger partial charge is 0.360 e. The van der Waals surface area contributed by atoms with Gasteiger partial charge in [0.05, 0.1) is 10.6 Å². The minimum absolute atomic E-state index is 0.0499. The highest BCUT2D eigenvalue weighted by molar-refractivity contribution is 9.10. The van der Waals surface area contributed by atoms with Gasteiger partial charge in [-0.25, -0.2) is 14.4 Å². The molecule has 3 rings (SSSR count). The number of rotatable bonds is 6. The van der Waals surface area contributed by atoms with Crippen molar-refractivity contribution >= 4 is 38.9 Å². The summed E-state index contributed by atoms with van der Waals surface area (Å²) in [4.78, 5) is 18.8. The molecule has 3 aromatic rings. The highest BCUT2D eigenvalue weighted by Gasteiger charge is 2.23. The second kappa shape index (κ2) is 7.87. The number of benzene rings is 2. The van der Waals surface area contributed by atoms with Crippen molar-refractivity contribution < 1.29 is 9.31 Å². The van der Waals surface area contributed by atoms with Crippen molar-refractivity contribution in [1.82, 2.24) is 9.97 Å². The highest BCUT2D eigenvalue weighted by Crippen LogP contribution is 2.32. The van der Waals surface area contributed by atoms with Crippen LogP contribution in [-0.2, 0) is 6.54 Å². The van der Waals surface area contributed by atoms with Gasteiger partial charge in [-0.2, -0.15) is 0 Å². The lowest BCUT2D eigenvalue weighted by atomic mass is 10.2. The van der Waals surface area contributed by atoms with Crippen LogP contribution >= 0.6 is 15.9 Å². The molecular formula is C17H13BrFN5O2. The van der Waals surface area contributed by atoms with Crippen LogP contribution in [0.1, 0.15) is 5.56 Å². The van der Waals surface area contributed by atoms with E-state index in [2.05, 4.69) is 36.5 Å². The van der Waals surface area contributed by atoms with E-state index in [1.54, 1.807) is 6.07 Å². The smallest absolute Gasteiger partial charge is 0.353 e. The van der Waals surface area contributed by atoms with E-state index >= 15 is 0 Å². The zero-order valence-corrected chi connectivity index (χ0v) is 14.9. The molecule has 0 aliphatic heterocycles. The SMILES string of the molecule is O=[N+]([O-])c1c(NCc2ccccc2)ncnc1Nc1ccc(Br)cc1F. The molecule has 9 heteroatoms. The van der Waals surface area contributed by atoms with Crippen LogP contribution in [0, 0.1) is 15.9 Å². The molecule has 1 aromatic heterocycles. The maximum Gasteiger partial charge on any atom is 0.353 e. The third kappa shape index (κ3) is 4.12. The van der Waals surface area contributed by atoms with Crippen molar-refractivity contribution in [3.63, 3.8) is 0 Å². The van der Waals surface area contributed by atoms with E-state index in [1.807, 2.05) is 30.3 Å². The number of hydrogen-bond donors (Lipinski definition) is 2. The van der Waals surface area contributed by atoms with Gasteiger partial charge in [0, 0.05) is 11.0 Å². The Hall–Kier alpha value is -3.07. The molecule has 0 radical (unpaired) electrons. The molecule has 0 aliphatic carbocycles. The molecular weight excluding hydrogens is 405 g/mol. The number of anilines is 3. The van der Waals surface area contributed by atoms with Gasteiger partial charge in [0.15, 0.2) is 0 Å². The van der Waals surface area contributed by atoms with E-state index in [4.69, 9.17) is 0 Å². The van der Waals surface area contributed by atoms with Crippen molar-refractivity contribution in [3.05, 3.63) is 80.8 Å². The van der Waals surface area contributed by atoms with Gasteiger partial charge in [-0.15, -0.1) is 0 Å². The lowest BCUT2D eigenvalue weighted by molar-refractivity contribution is -0.383. The Bertz CT molecular complexity index is 940. The second-order valence-electron chi connectivity index (χ2n) is 5.26. The third-order valence-electron chi connectivity index (χ3n) is 3.49. The molecule has 2 N–H and O–H groups in total. The highest BCUT2D eigenvalue weighted by atomic mass is 79.9. The summed E-state index contributed by atoms with van der Waals surface area (Å²) in [5.41, 5.74) is 0.656. The Morgan fingerprint density at radius 2 is 1.85 bits per heavy atom. The first-order chi connectivity index (χ1) is 12.5. The van der Waals surface area contributed by atoms with Crippen LogP contribution in [0.3, 0.4) is 0 Å². The Morgan fingerprint density at radius 1 is 1.12 bits per heavy atom. The van der Waals surface area contributed by atoms with Crippen LogP contribution in [0.15, 0.2) is 59.3 Å². The van der Waals surface area contributed by atoms with Gasteiger partial charge in [0.1, 0.15) is 12.1 Å². The second-order valence-corrected chi connectivity index (χ2v) is 6.18. The standard InChI is InChI=1S/C17H13BrFN5O2/c18-12-6-7-14(13(19)8-12)23-17-15(24(25)26)16(21-10-22-17)20-9-11-4-2-1-3-5-11/h1-8,10H,9H2,(H2,20,21,22,23). The molecule has 26 heavy (non-hydrogen) atoms. The van der Waals surface area contributed by atoms with Crippen LogP contribution < -0.4 is 10.6 Å². The first kappa shape index (κ1) is 17.7. The summed E-state index contributed by atoms with van der Waals surface area (Å²) in [7, 11) is 0. The minimum Gasteiger partial charge on any atom is -0.360 e. The Labute approximate surface area is 156 Å². The molecule has 1 heterocycles. The maximum absolute atomic E-state index is 14.0. The van der Waals surface area contributed by atoms with E-state index in [0.717, 1.165) is 5.56 Å². The topological polar surface area (TPSA) is 93.0 Å². The van der Waals surface area contributed by atoms with Gasteiger partial charge < -0.3 is 10.6 Å². The molecule has 0 spiro atoms. The molecule has 7 nitrogen and oxygen atoms in total. The van der Waals surface area contributed by atoms with E-state index in [9.17, 15) is 14.5 Å². The van der Waals surface area contributed by atoms with Crippen molar-refractivity contribution in [2.24, 2.45) is 0 Å². The van der Waals surface area contributed by atoms with E-state index in [-0.39, 0.29) is 23.0 Å². The van der Waals surface area contributed by atoms with Crippen molar-refractivity contribution in [3.8, 4) is 0 Å². The first-order valence-electron chi connectivity index (χ1n) is 7.54. The van der Waals surface area contributed by atoms with Crippen LogP contribution in [-0.4, -0.2) is 14.9 Å². The predicted molar refractivity (Wildman–Crippen MR) is 99.8 cm³/mol. The summed E-state index contributed by atoms with van der Waals surface area (Å²) in [5, 5.41) is 17.1. The Morgan fingerprint density at radius 3 is 2.54 bits per heavy atom. The van der Waals surface area contributed by atoms with Crippen molar-refractivity contribution in [2.75, 3.05) is 10.6 Å². The van der Waals surface area contributed by atoms with Gasteiger partial charge in [-0.05, 0) is 23.8 Å². The van der Waals surface area contributed by atoms with E-state index < -0.39 is 10.7 Å². The summed E-state index contributed by atoms with van der Waals surface area (Å²) in [6.07, 6.45) is 1.18. The number of nitrogens with one attached hydrogen (secondary N) is 2. The van der Waals surface area contributed by atoms with E-state index in [1.165, 1.54) is 18.5 Å². The van der Waals surface area contributed by atoms with Gasteiger partial charge in [-0.1, -0.05) is 46.3 Å². The number of aromatic nitrogens is 2. The Balaban J connectivity index is 1.89. The summed E-state index contributed by atoms with van der Waals surface area (Å²) < 4.78 is 14.6. The molecule has 0 amide bonds. The molecule has 0 atom stereocenters. The fourth-order valence-electron chi connectivity index (χ4n) is 2.27. The van der Waals surface area contributed by atoms with Gasteiger partial charge in [0.2, 0.25) is 11.6 Å². The number of nitro groups is 1. The molecule has 0 saturated carbocycles. The van der Waals surface area contributed by atoms with Crippen molar-refractivity contribution in [1.29, 1.82) is 0 Å². The zero-order chi connectivity index (χ0) is 18.5. The number of halogens is 2. The number of nitrogens with zero attached hydrogens (tertiary/aromatic N) is 3. The predicted octanol–water partition coefficient (Wildman–Crippen LogP) is 4.64. The van der Waals surface area contributed by atoms with Crippen LogP contribution in [0.25, 0.3) is 0 Å². The van der Waals surface area contributed by atoms with Gasteiger partial charge >= 0.3 is 5.69 Å². The normalized spacial score (nSPS) is 10.4. The first-order valence-corrected chi connectivity index (χ1v) is 8.33. The lowest BCUT2D eigenvalue weighted by Gasteiger charge is -2.11. The van der Waals surface area contributed by atoms with Crippen molar-refractivity contribution in [2.45, 2.75) is 6.54 Å². The minimum atomic E-state index is -0.605. The molecule has 0 unspecified atom stereocenters. The summed E-state index contributed by atoms with van der Waals surface area (Å²) in [6, 6.07) is 13.7. The monoisotopic (exact) mass is 417 g/mol. The summed E-state index contributed by atoms with van der Waals surface area (Å²) in [6.45, 7) is 0.352. The molecule has 0 fully saturated rings. The lowest BCUT2D eigenvalue weighted by Crippen LogP contribution is -2.08. The summed E-state index contributed by atoms with van der Waals surface area (Å²) in [5.74, 6) is -0.610. The molecule has 0 saturated heterocycles. The Kier molecular flexibility index (Phi) is 5.37. The zero-order valence-electron chi connectivity index (χ0n) is 13.3. The summed E-state index contributed by atoms with van der Waals surface area (Å²) >= 11 is 3.16. The third-order valence-corrected chi connectivity index (χ3v) is 3.99. The average molecular weight is 418 g/mol. The van der Waals surface area contributed by atoms with Crippen LogP contribution in [0.2, 0.25) is 0 Å². The van der Waals surface area contributed by atoms with Crippen LogP contribution in [0.4, 0.5) is 27.4 Å². The fourth-order valence-corrected chi connectivity index (χ4v) is 2.61. The molecule has 132 valence electrons. The van der Waals surface area contributed by atoms with Gasteiger partial charge in [0.25, 0.3) is 0 Å². The molecule has 0 aliphatic rings. The maximum atomic E-state index is 14.0. The van der Waals surface area contributed by atoms with Gasteiger partial charge in [-0.3, -0.25) is 10.1 Å². The number of hydrogen-bond acceptors (Lipinski definition) is 6. The van der Waals surface area contributed by atoms with E-state index in [0.29, 0.717) is 11.0 Å².